The van der Waals surface area contributed by atoms with Crippen LogP contribution in [0.15, 0.2) is 29.7 Å². The SMILES string of the molecule is CN1c2c(c3ccccc3n2C)C=CS1(=O)=O. The molecule has 4 nitrogen and oxygen atoms in total. The first-order valence-electron chi connectivity index (χ1n) is 5.27. The van der Waals surface area contributed by atoms with Crippen LogP contribution in [0.4, 0.5) is 5.82 Å². The second-order valence-corrected chi connectivity index (χ2v) is 5.98. The average Bonchev–Trinajstić information content (AvgIpc) is 2.59. The van der Waals surface area contributed by atoms with E-state index in [-0.39, 0.29) is 0 Å². The van der Waals surface area contributed by atoms with Crippen molar-refractivity contribution in [2.45, 2.75) is 0 Å². The maximum atomic E-state index is 11.8. The first-order chi connectivity index (χ1) is 8.02. The Hall–Kier alpha value is -1.75. The largest absolute Gasteiger partial charge is 0.329 e. The molecule has 2 heterocycles. The van der Waals surface area contributed by atoms with Crippen LogP contribution in [0, 0.1) is 0 Å². The molecule has 0 atom stereocenters. The third-order valence-corrected chi connectivity index (χ3v) is 4.62. The van der Waals surface area contributed by atoms with Crippen LogP contribution in [0.25, 0.3) is 17.0 Å². The smallest absolute Gasteiger partial charge is 0.258 e. The summed E-state index contributed by atoms with van der Waals surface area (Å²) in [6.07, 6.45) is 1.67. The number of hydrogen-bond donors (Lipinski definition) is 0. The second-order valence-electron chi connectivity index (χ2n) is 4.13. The van der Waals surface area contributed by atoms with E-state index in [2.05, 4.69) is 0 Å². The maximum Gasteiger partial charge on any atom is 0.258 e. The normalized spacial score (nSPS) is 17.4. The van der Waals surface area contributed by atoms with Gasteiger partial charge in [0.25, 0.3) is 10.0 Å². The van der Waals surface area contributed by atoms with Crippen molar-refractivity contribution >= 4 is 32.8 Å². The van der Waals surface area contributed by atoms with Crippen molar-refractivity contribution in [1.29, 1.82) is 0 Å². The van der Waals surface area contributed by atoms with Crippen LogP contribution in [-0.2, 0) is 17.1 Å². The fourth-order valence-corrected chi connectivity index (χ4v) is 3.27. The number of aromatic nitrogens is 1. The summed E-state index contributed by atoms with van der Waals surface area (Å²) < 4.78 is 26.8. The van der Waals surface area contributed by atoms with Crippen molar-refractivity contribution in [2.24, 2.45) is 7.05 Å². The van der Waals surface area contributed by atoms with Gasteiger partial charge in [-0.25, -0.2) is 8.42 Å². The summed E-state index contributed by atoms with van der Waals surface area (Å²) >= 11 is 0. The molecule has 88 valence electrons. The molecule has 1 aromatic heterocycles. The van der Waals surface area contributed by atoms with E-state index >= 15 is 0 Å². The van der Waals surface area contributed by atoms with Crippen LogP contribution >= 0.6 is 0 Å². The van der Waals surface area contributed by atoms with Gasteiger partial charge in [0.05, 0.1) is 10.9 Å². The Morgan fingerprint density at radius 1 is 1.12 bits per heavy atom. The number of rotatable bonds is 0. The van der Waals surface area contributed by atoms with Crippen LogP contribution in [-0.4, -0.2) is 20.0 Å². The molecule has 0 saturated carbocycles. The molecule has 3 rings (SSSR count). The van der Waals surface area contributed by atoms with Gasteiger partial charge in [-0.3, -0.25) is 4.31 Å². The minimum absolute atomic E-state index is 0.716. The first kappa shape index (κ1) is 10.4. The number of sulfonamides is 1. The maximum absolute atomic E-state index is 11.8. The molecule has 0 bridgehead atoms. The zero-order chi connectivity index (χ0) is 12.2. The summed E-state index contributed by atoms with van der Waals surface area (Å²) in [4.78, 5) is 0. The highest BCUT2D eigenvalue weighted by Gasteiger charge is 2.27. The van der Waals surface area contributed by atoms with Gasteiger partial charge in [-0.15, -0.1) is 0 Å². The van der Waals surface area contributed by atoms with Crippen LogP contribution in [0.3, 0.4) is 0 Å². The van der Waals surface area contributed by atoms with E-state index in [0.29, 0.717) is 5.82 Å². The molecule has 5 heteroatoms. The number of benzene rings is 1. The van der Waals surface area contributed by atoms with Gasteiger partial charge in [0.15, 0.2) is 0 Å². The summed E-state index contributed by atoms with van der Waals surface area (Å²) in [6.45, 7) is 0. The Balaban J connectivity index is 2.48. The lowest BCUT2D eigenvalue weighted by atomic mass is 10.1. The minimum atomic E-state index is -3.31. The van der Waals surface area contributed by atoms with Gasteiger partial charge < -0.3 is 4.57 Å². The third-order valence-electron chi connectivity index (χ3n) is 3.20. The van der Waals surface area contributed by atoms with Gasteiger partial charge >= 0.3 is 0 Å². The molecule has 17 heavy (non-hydrogen) atoms. The fraction of sp³-hybridized carbons (Fsp3) is 0.167. The Labute approximate surface area is 99.8 Å². The molecule has 0 spiro atoms. The molecule has 0 saturated heterocycles. The van der Waals surface area contributed by atoms with Gasteiger partial charge in [-0.2, -0.15) is 0 Å². The molecule has 1 aromatic carbocycles. The zero-order valence-electron chi connectivity index (χ0n) is 9.58. The molecule has 0 radical (unpaired) electrons. The second kappa shape index (κ2) is 3.13. The lowest BCUT2D eigenvalue weighted by Gasteiger charge is -2.22. The van der Waals surface area contributed by atoms with Crippen molar-refractivity contribution in [2.75, 3.05) is 11.4 Å². The molecule has 2 aromatic rings. The molecule has 0 N–H and O–H groups in total. The monoisotopic (exact) mass is 248 g/mol. The number of hydrogen-bond acceptors (Lipinski definition) is 2. The van der Waals surface area contributed by atoms with Gasteiger partial charge in [0.1, 0.15) is 5.82 Å². The van der Waals surface area contributed by atoms with Gasteiger partial charge in [-0.05, 0) is 12.1 Å². The molecular formula is C12H12N2O2S. The fourth-order valence-electron chi connectivity index (χ4n) is 2.32. The number of anilines is 1. The summed E-state index contributed by atoms with van der Waals surface area (Å²) in [5.41, 5.74) is 1.99. The van der Waals surface area contributed by atoms with Crippen LogP contribution in [0.1, 0.15) is 5.56 Å². The Kier molecular flexibility index (Phi) is 1.92. The summed E-state index contributed by atoms with van der Waals surface area (Å²) in [5, 5.41) is 2.32. The molecule has 0 aliphatic carbocycles. The first-order valence-corrected chi connectivity index (χ1v) is 6.77. The van der Waals surface area contributed by atoms with E-state index < -0.39 is 10.0 Å². The van der Waals surface area contributed by atoms with Crippen LogP contribution in [0.2, 0.25) is 0 Å². The van der Waals surface area contributed by atoms with E-state index in [0.717, 1.165) is 16.5 Å². The van der Waals surface area contributed by atoms with Crippen molar-refractivity contribution in [3.05, 3.63) is 35.2 Å². The van der Waals surface area contributed by atoms with E-state index in [9.17, 15) is 8.42 Å². The standard InChI is InChI=1S/C12H12N2O2S/c1-13-11-6-4-3-5-9(11)10-7-8-17(15,16)14(2)12(10)13/h3-8H,1-2H3. The van der Waals surface area contributed by atoms with Crippen LogP contribution < -0.4 is 4.31 Å². The number of aryl methyl sites for hydroxylation is 1. The zero-order valence-corrected chi connectivity index (χ0v) is 10.4. The Bertz CT molecular complexity index is 741. The minimum Gasteiger partial charge on any atom is -0.329 e. The van der Waals surface area contributed by atoms with E-state index in [4.69, 9.17) is 0 Å². The topological polar surface area (TPSA) is 42.3 Å². The predicted molar refractivity (Wildman–Crippen MR) is 69.3 cm³/mol. The lowest BCUT2D eigenvalue weighted by molar-refractivity contribution is 0.601. The van der Waals surface area contributed by atoms with Crippen LogP contribution in [0.5, 0.6) is 0 Å². The highest BCUT2D eigenvalue weighted by Crippen LogP contribution is 2.36. The molecule has 0 unspecified atom stereocenters. The summed E-state index contributed by atoms with van der Waals surface area (Å²) in [5.74, 6) is 0.716. The van der Waals surface area contributed by atoms with Crippen molar-refractivity contribution in [1.82, 2.24) is 4.57 Å². The van der Waals surface area contributed by atoms with Crippen molar-refractivity contribution in [3.63, 3.8) is 0 Å². The quantitative estimate of drug-likeness (QED) is 0.715. The number of nitrogens with zero attached hydrogens (tertiary/aromatic N) is 2. The highest BCUT2D eigenvalue weighted by molar-refractivity contribution is 7.95. The summed E-state index contributed by atoms with van der Waals surface area (Å²) in [6, 6.07) is 7.90. The van der Waals surface area contributed by atoms with E-state index in [1.807, 2.05) is 35.9 Å². The van der Waals surface area contributed by atoms with E-state index in [1.165, 1.54) is 9.71 Å². The molecule has 0 fully saturated rings. The summed E-state index contributed by atoms with van der Waals surface area (Å²) in [7, 11) is 0.148. The highest BCUT2D eigenvalue weighted by atomic mass is 32.2. The Morgan fingerprint density at radius 3 is 2.59 bits per heavy atom. The molecule has 0 amide bonds. The Morgan fingerprint density at radius 2 is 1.82 bits per heavy atom. The van der Waals surface area contributed by atoms with Gasteiger partial charge in [0.2, 0.25) is 0 Å². The average molecular weight is 248 g/mol. The molecule has 1 aliphatic rings. The molecular weight excluding hydrogens is 236 g/mol. The molecule has 1 aliphatic heterocycles. The number of para-hydroxylation sites is 1. The third kappa shape index (κ3) is 1.26. The van der Waals surface area contributed by atoms with Gasteiger partial charge in [0, 0.05) is 25.0 Å². The predicted octanol–water partition coefficient (Wildman–Crippen LogP) is 1.93. The van der Waals surface area contributed by atoms with E-state index in [1.54, 1.807) is 13.1 Å². The lowest BCUT2D eigenvalue weighted by Crippen LogP contribution is -2.28. The number of fused-ring (bicyclic) bond motifs is 3. The van der Waals surface area contributed by atoms with Gasteiger partial charge in [-0.1, -0.05) is 18.2 Å². The van der Waals surface area contributed by atoms with Crippen molar-refractivity contribution in [3.8, 4) is 0 Å². The van der Waals surface area contributed by atoms with Crippen molar-refractivity contribution < 1.29 is 8.42 Å².